The molecule has 0 radical (unpaired) electrons. The Morgan fingerprint density at radius 1 is 1.44 bits per heavy atom. The smallest absolute Gasteiger partial charge is 0.167 e. The average Bonchev–Trinajstić information content (AvgIpc) is 2.39. The van der Waals surface area contributed by atoms with E-state index in [0.29, 0.717) is 24.5 Å². The lowest BCUT2D eigenvalue weighted by atomic mass is 9.92. The van der Waals surface area contributed by atoms with Crippen LogP contribution in [0, 0.1) is 5.92 Å². The van der Waals surface area contributed by atoms with Crippen molar-refractivity contribution in [3.05, 3.63) is 24.0 Å². The number of aromatic nitrogens is 1. The first-order chi connectivity index (χ1) is 7.81. The number of Topliss-reactive ketones (excluding diaryl/α,β-unsaturated/α-hetero) is 1. The fraction of sp³-hybridized carbons (Fsp3) is 0.500. The first kappa shape index (κ1) is 11.1. The Hall–Kier alpha value is -1.42. The number of carbonyl (C=O) groups excluding carboxylic acids is 1. The van der Waals surface area contributed by atoms with Gasteiger partial charge in [0.2, 0.25) is 0 Å². The maximum atomic E-state index is 12.1. The van der Waals surface area contributed by atoms with Crippen LogP contribution < -0.4 is 4.74 Å². The number of methoxy groups -OCH3 is 1. The maximum Gasteiger partial charge on any atom is 0.167 e. The van der Waals surface area contributed by atoms with E-state index in [0.717, 1.165) is 12.8 Å². The van der Waals surface area contributed by atoms with Gasteiger partial charge in [-0.1, -0.05) is 0 Å². The Bertz CT molecular complexity index is 372. The summed E-state index contributed by atoms with van der Waals surface area (Å²) in [7, 11) is 1.57. The van der Waals surface area contributed by atoms with Crippen molar-refractivity contribution in [3.8, 4) is 5.75 Å². The minimum atomic E-state index is 0.0719. The van der Waals surface area contributed by atoms with Gasteiger partial charge in [0.1, 0.15) is 5.75 Å². The van der Waals surface area contributed by atoms with Crippen LogP contribution in [0.4, 0.5) is 0 Å². The molecule has 1 fully saturated rings. The van der Waals surface area contributed by atoms with Gasteiger partial charge >= 0.3 is 0 Å². The molecule has 0 spiro atoms. The Morgan fingerprint density at radius 2 is 2.19 bits per heavy atom. The first-order valence-corrected chi connectivity index (χ1v) is 5.42. The second-order valence-corrected chi connectivity index (χ2v) is 3.86. The average molecular weight is 221 g/mol. The lowest BCUT2D eigenvalue weighted by Gasteiger charge is -2.20. The Labute approximate surface area is 94.6 Å². The summed E-state index contributed by atoms with van der Waals surface area (Å²) < 4.78 is 10.3. The molecule has 0 aliphatic carbocycles. The summed E-state index contributed by atoms with van der Waals surface area (Å²) in [6.07, 6.45) is 4.80. The molecule has 1 aromatic heterocycles. The van der Waals surface area contributed by atoms with Crippen LogP contribution in [0.15, 0.2) is 18.5 Å². The molecule has 86 valence electrons. The van der Waals surface area contributed by atoms with Crippen LogP contribution in [-0.2, 0) is 4.74 Å². The summed E-state index contributed by atoms with van der Waals surface area (Å²) in [5.74, 6) is 0.843. The molecule has 0 unspecified atom stereocenters. The molecule has 0 bridgehead atoms. The number of nitrogens with zero attached hydrogens (tertiary/aromatic N) is 1. The van der Waals surface area contributed by atoms with Crippen molar-refractivity contribution in [2.75, 3.05) is 20.3 Å². The van der Waals surface area contributed by atoms with Crippen LogP contribution in [-0.4, -0.2) is 31.1 Å². The van der Waals surface area contributed by atoms with Crippen molar-refractivity contribution in [2.45, 2.75) is 12.8 Å². The molecule has 0 amide bonds. The predicted molar refractivity (Wildman–Crippen MR) is 58.7 cm³/mol. The molecule has 1 aliphatic heterocycles. The molecular formula is C12H15NO3. The van der Waals surface area contributed by atoms with Gasteiger partial charge in [-0.3, -0.25) is 9.78 Å². The van der Waals surface area contributed by atoms with Crippen LogP contribution in [0.3, 0.4) is 0 Å². The van der Waals surface area contributed by atoms with Gasteiger partial charge in [-0.15, -0.1) is 0 Å². The molecule has 1 saturated heterocycles. The number of hydrogen-bond acceptors (Lipinski definition) is 4. The van der Waals surface area contributed by atoms with Crippen LogP contribution in [0.5, 0.6) is 5.75 Å². The Kier molecular flexibility index (Phi) is 3.51. The van der Waals surface area contributed by atoms with Crippen molar-refractivity contribution >= 4 is 5.78 Å². The summed E-state index contributed by atoms with van der Waals surface area (Å²) >= 11 is 0. The maximum absolute atomic E-state index is 12.1. The fourth-order valence-electron chi connectivity index (χ4n) is 1.86. The van der Waals surface area contributed by atoms with Gasteiger partial charge in [0.05, 0.1) is 13.3 Å². The molecule has 1 aromatic rings. The highest BCUT2D eigenvalue weighted by Gasteiger charge is 2.23. The van der Waals surface area contributed by atoms with Gasteiger partial charge in [0.15, 0.2) is 5.78 Å². The molecular weight excluding hydrogens is 206 g/mol. The molecule has 0 saturated carbocycles. The van der Waals surface area contributed by atoms with Crippen molar-refractivity contribution in [1.29, 1.82) is 0 Å². The number of carbonyl (C=O) groups is 1. The van der Waals surface area contributed by atoms with Gasteiger partial charge in [-0.25, -0.2) is 0 Å². The molecule has 0 N–H and O–H groups in total. The van der Waals surface area contributed by atoms with E-state index in [4.69, 9.17) is 9.47 Å². The standard InChI is InChI=1S/C12H15NO3/c1-15-11-6-10(7-13-8-11)12(14)9-2-4-16-5-3-9/h6-9H,2-5H2,1H3. The van der Waals surface area contributed by atoms with E-state index >= 15 is 0 Å². The molecule has 0 aromatic carbocycles. The first-order valence-electron chi connectivity index (χ1n) is 5.42. The highest BCUT2D eigenvalue weighted by molar-refractivity contribution is 5.97. The van der Waals surface area contributed by atoms with Gasteiger partial charge in [-0.05, 0) is 18.9 Å². The normalized spacial score (nSPS) is 17.1. The van der Waals surface area contributed by atoms with E-state index in [1.54, 1.807) is 25.6 Å². The molecule has 2 heterocycles. The number of hydrogen-bond donors (Lipinski definition) is 0. The van der Waals surface area contributed by atoms with Gasteiger partial charge in [0, 0.05) is 30.9 Å². The second kappa shape index (κ2) is 5.07. The Morgan fingerprint density at radius 3 is 2.88 bits per heavy atom. The van der Waals surface area contributed by atoms with E-state index in [1.165, 1.54) is 0 Å². The summed E-state index contributed by atoms with van der Waals surface area (Å²) in [6.45, 7) is 1.35. The minimum absolute atomic E-state index is 0.0719. The lowest BCUT2D eigenvalue weighted by Crippen LogP contribution is -2.23. The minimum Gasteiger partial charge on any atom is -0.495 e. The van der Waals surface area contributed by atoms with Gasteiger partial charge < -0.3 is 9.47 Å². The van der Waals surface area contributed by atoms with Crippen LogP contribution in [0.1, 0.15) is 23.2 Å². The molecule has 4 nitrogen and oxygen atoms in total. The SMILES string of the molecule is COc1cncc(C(=O)C2CCOCC2)c1. The fourth-order valence-corrected chi connectivity index (χ4v) is 1.86. The van der Waals surface area contributed by atoms with Crippen molar-refractivity contribution in [1.82, 2.24) is 4.98 Å². The molecule has 2 rings (SSSR count). The third-order valence-corrected chi connectivity index (χ3v) is 2.83. The molecule has 1 aliphatic rings. The summed E-state index contributed by atoms with van der Waals surface area (Å²) in [5, 5.41) is 0. The number of pyridine rings is 1. The second-order valence-electron chi connectivity index (χ2n) is 3.86. The highest BCUT2D eigenvalue weighted by atomic mass is 16.5. The topological polar surface area (TPSA) is 48.4 Å². The quantitative estimate of drug-likeness (QED) is 0.729. The summed E-state index contributed by atoms with van der Waals surface area (Å²) in [6, 6.07) is 1.74. The summed E-state index contributed by atoms with van der Waals surface area (Å²) in [4.78, 5) is 16.1. The third-order valence-electron chi connectivity index (χ3n) is 2.83. The zero-order valence-corrected chi connectivity index (χ0v) is 9.31. The lowest BCUT2D eigenvalue weighted by molar-refractivity contribution is 0.0544. The zero-order chi connectivity index (χ0) is 11.4. The predicted octanol–water partition coefficient (Wildman–Crippen LogP) is 1.70. The van der Waals surface area contributed by atoms with Crippen LogP contribution >= 0.6 is 0 Å². The van der Waals surface area contributed by atoms with Gasteiger partial charge in [0.25, 0.3) is 0 Å². The largest absolute Gasteiger partial charge is 0.495 e. The van der Waals surface area contributed by atoms with E-state index < -0.39 is 0 Å². The monoisotopic (exact) mass is 221 g/mol. The Balaban J connectivity index is 2.12. The van der Waals surface area contributed by atoms with Crippen molar-refractivity contribution in [2.24, 2.45) is 5.92 Å². The molecule has 0 atom stereocenters. The number of ketones is 1. The number of ether oxygens (including phenoxy) is 2. The van der Waals surface area contributed by atoms with E-state index in [9.17, 15) is 4.79 Å². The van der Waals surface area contributed by atoms with E-state index in [2.05, 4.69) is 4.98 Å². The van der Waals surface area contributed by atoms with Gasteiger partial charge in [-0.2, -0.15) is 0 Å². The van der Waals surface area contributed by atoms with Crippen molar-refractivity contribution < 1.29 is 14.3 Å². The molecule has 16 heavy (non-hydrogen) atoms. The van der Waals surface area contributed by atoms with Crippen molar-refractivity contribution in [3.63, 3.8) is 0 Å². The van der Waals surface area contributed by atoms with Crippen LogP contribution in [0.2, 0.25) is 0 Å². The van der Waals surface area contributed by atoms with Crippen LogP contribution in [0.25, 0.3) is 0 Å². The third kappa shape index (κ3) is 2.39. The molecule has 4 heteroatoms. The van der Waals surface area contributed by atoms with E-state index in [1.807, 2.05) is 0 Å². The zero-order valence-electron chi connectivity index (χ0n) is 9.31. The highest BCUT2D eigenvalue weighted by Crippen LogP contribution is 2.21. The number of rotatable bonds is 3. The summed E-state index contributed by atoms with van der Waals surface area (Å²) in [5.41, 5.74) is 0.631. The van der Waals surface area contributed by atoms with E-state index in [-0.39, 0.29) is 11.7 Å².